The molecule has 2 rings (SSSR count). The molecule has 1 unspecified atom stereocenters. The van der Waals surface area contributed by atoms with E-state index in [0.717, 1.165) is 8.19 Å². The molecule has 0 fully saturated rings. The monoisotopic (exact) mass is 328 g/mol. The topological polar surface area (TPSA) is 0 Å². The van der Waals surface area contributed by atoms with E-state index < -0.39 is 0 Å². The summed E-state index contributed by atoms with van der Waals surface area (Å²) >= 11 is 1.57. The van der Waals surface area contributed by atoms with Gasteiger partial charge in [-0.25, -0.2) is 0 Å². The third kappa shape index (κ3) is 3.94. The van der Waals surface area contributed by atoms with E-state index in [1.54, 1.807) is 27.7 Å². The summed E-state index contributed by atoms with van der Waals surface area (Å²) in [5.74, 6) is 0. The van der Waals surface area contributed by atoms with E-state index in [1.807, 2.05) is 0 Å². The first-order chi connectivity index (χ1) is 4.86. The standard InChI is InChI=1S/C8H6P.3ClH.Zr/c1-2-4-8-7(3-1)5-6-9-8;;;;/h1-5,9H;3*1H;/q;;;;+3/p-3. The van der Waals surface area contributed by atoms with Crippen LogP contribution in [0.1, 0.15) is 0 Å². The summed E-state index contributed by atoms with van der Waals surface area (Å²) in [5, 5.41) is 2.96. The van der Waals surface area contributed by atoms with Gasteiger partial charge in [-0.05, 0) is 0 Å². The summed E-state index contributed by atoms with van der Waals surface area (Å²) < 4.78 is 1.59. The van der Waals surface area contributed by atoms with Gasteiger partial charge in [0.1, 0.15) is 0 Å². The molecule has 0 nitrogen and oxygen atoms in total. The molecular weight excluding hydrogens is 325 g/mol. The predicted molar refractivity (Wildman–Crippen MR) is 43.1 cm³/mol. The molecule has 1 atom stereocenters. The minimum absolute atomic E-state index is 0. The van der Waals surface area contributed by atoms with Gasteiger partial charge in [-0.15, -0.1) is 0 Å². The predicted octanol–water partition coefficient (Wildman–Crippen LogP) is -6.94. The summed E-state index contributed by atoms with van der Waals surface area (Å²) in [4.78, 5) is 0. The summed E-state index contributed by atoms with van der Waals surface area (Å²) in [6.45, 7) is 0. The van der Waals surface area contributed by atoms with Crippen molar-refractivity contribution in [2.45, 2.75) is 0 Å². The fourth-order valence-electron chi connectivity index (χ4n) is 1.07. The Labute approximate surface area is 113 Å². The molecule has 0 radical (unpaired) electrons. The molecule has 68 valence electrons. The molecule has 0 aliphatic heterocycles. The summed E-state index contributed by atoms with van der Waals surface area (Å²) in [7, 11) is 0.955. The zero-order chi connectivity index (χ0) is 6.97. The molecule has 0 bridgehead atoms. The first kappa shape index (κ1) is 16.4. The van der Waals surface area contributed by atoms with Crippen LogP contribution in [0.2, 0.25) is 0 Å². The molecule has 1 aromatic carbocycles. The molecule has 0 spiro atoms. The second-order valence-electron chi connectivity index (χ2n) is 2.27. The van der Waals surface area contributed by atoms with Crippen LogP contribution < -0.4 is 40.2 Å². The molecule has 0 aliphatic rings. The van der Waals surface area contributed by atoms with Crippen molar-refractivity contribution in [3.63, 3.8) is 0 Å². The maximum absolute atomic E-state index is 2.31. The molecule has 0 saturated heterocycles. The van der Waals surface area contributed by atoms with Crippen LogP contribution in [0.15, 0.2) is 30.3 Å². The van der Waals surface area contributed by atoms with Gasteiger partial charge < -0.3 is 37.2 Å². The van der Waals surface area contributed by atoms with E-state index in [2.05, 4.69) is 30.3 Å². The molecule has 1 heterocycles. The molecular formula is C8H6Cl3PZr. The average molecular weight is 331 g/mol. The van der Waals surface area contributed by atoms with Gasteiger partial charge in [0.05, 0.1) is 0 Å². The molecule has 2 aromatic rings. The Hall–Kier alpha value is 1.01. The van der Waals surface area contributed by atoms with Crippen molar-refractivity contribution in [3.05, 3.63) is 30.3 Å². The second-order valence-corrected chi connectivity index (χ2v) is 6.15. The Morgan fingerprint density at radius 2 is 1.62 bits per heavy atom. The van der Waals surface area contributed by atoms with Crippen LogP contribution in [0, 0.1) is 0 Å². The van der Waals surface area contributed by atoms with E-state index in [9.17, 15) is 0 Å². The molecule has 5 heteroatoms. The van der Waals surface area contributed by atoms with Crippen molar-refractivity contribution in [3.8, 4) is 0 Å². The van der Waals surface area contributed by atoms with Crippen molar-refractivity contribution in [2.75, 3.05) is 0 Å². The second kappa shape index (κ2) is 7.32. The van der Waals surface area contributed by atoms with Crippen LogP contribution in [0.4, 0.5) is 0 Å². The van der Waals surface area contributed by atoms with Gasteiger partial charge in [0.2, 0.25) is 0 Å². The van der Waals surface area contributed by atoms with Crippen LogP contribution >= 0.6 is 8.19 Å². The number of rotatable bonds is 0. The van der Waals surface area contributed by atoms with Gasteiger partial charge in [0.15, 0.2) is 0 Å². The maximum atomic E-state index is 2.31. The number of halogens is 3. The van der Waals surface area contributed by atoms with E-state index in [4.69, 9.17) is 0 Å². The summed E-state index contributed by atoms with van der Waals surface area (Å²) in [6, 6.07) is 11.0. The van der Waals surface area contributed by atoms with Crippen molar-refractivity contribution in [2.24, 2.45) is 0 Å². The van der Waals surface area contributed by atoms with Crippen LogP contribution in [0.25, 0.3) is 10.5 Å². The first-order valence-electron chi connectivity index (χ1n) is 3.15. The Morgan fingerprint density at radius 1 is 1.00 bits per heavy atom. The quantitative estimate of drug-likeness (QED) is 0.450. The van der Waals surface area contributed by atoms with Gasteiger partial charge >= 0.3 is 76.8 Å². The molecule has 0 aliphatic carbocycles. The first-order valence-corrected chi connectivity index (χ1v) is 5.38. The normalized spacial score (nSPS) is 8.77. The van der Waals surface area contributed by atoms with E-state index in [0.29, 0.717) is 0 Å². The number of hydrogen-bond donors (Lipinski definition) is 0. The number of benzene rings is 1. The van der Waals surface area contributed by atoms with Gasteiger partial charge in [0.25, 0.3) is 0 Å². The van der Waals surface area contributed by atoms with Crippen LogP contribution in [0.3, 0.4) is 0 Å². The van der Waals surface area contributed by atoms with Crippen molar-refractivity contribution >= 4 is 21.7 Å². The Bertz CT molecular complexity index is 328. The fourth-order valence-corrected chi connectivity index (χ4v) is 3.45. The van der Waals surface area contributed by atoms with Crippen molar-refractivity contribution in [1.82, 2.24) is 0 Å². The summed E-state index contributed by atoms with van der Waals surface area (Å²) in [6.07, 6.45) is 0. The fraction of sp³-hybridized carbons (Fsp3) is 0. The van der Waals surface area contributed by atoms with Gasteiger partial charge in [-0.3, -0.25) is 0 Å². The molecule has 0 N–H and O–H groups in total. The Morgan fingerprint density at radius 3 is 2.23 bits per heavy atom. The molecule has 0 saturated carbocycles. The zero-order valence-corrected chi connectivity index (χ0v) is 12.2. The number of hydrogen-bond acceptors (Lipinski definition) is 0. The molecule has 1 aromatic heterocycles. The van der Waals surface area contributed by atoms with E-state index >= 15 is 0 Å². The van der Waals surface area contributed by atoms with E-state index in [-0.39, 0.29) is 37.2 Å². The zero-order valence-electron chi connectivity index (χ0n) is 6.52. The molecule has 13 heavy (non-hydrogen) atoms. The van der Waals surface area contributed by atoms with Gasteiger partial charge in [0, 0.05) is 0 Å². The third-order valence-corrected chi connectivity index (χ3v) is 3.94. The number of fused-ring (bicyclic) bond motifs is 1. The SMILES string of the molecule is [Cl-].[Cl-].[Cl-].[Zr+3][c]1cc2ccccc2[pH]1. The third-order valence-electron chi connectivity index (χ3n) is 1.53. The van der Waals surface area contributed by atoms with Crippen LogP contribution in [-0.4, -0.2) is 0 Å². The molecule has 0 amide bonds. The Kier molecular flexibility index (Phi) is 9.26. The van der Waals surface area contributed by atoms with E-state index in [1.165, 1.54) is 10.5 Å². The minimum atomic E-state index is 0. The average Bonchev–Trinajstić information content (AvgIpc) is 2.27. The van der Waals surface area contributed by atoms with Crippen LogP contribution in [-0.2, 0) is 24.7 Å². The van der Waals surface area contributed by atoms with Crippen LogP contribution in [0.5, 0.6) is 0 Å². The Balaban J connectivity index is 0. The summed E-state index contributed by atoms with van der Waals surface area (Å²) in [5.41, 5.74) is 0. The van der Waals surface area contributed by atoms with Gasteiger partial charge in [-0.1, -0.05) is 0 Å². The van der Waals surface area contributed by atoms with Gasteiger partial charge in [-0.2, -0.15) is 0 Å². The van der Waals surface area contributed by atoms with Crippen molar-refractivity contribution in [1.29, 1.82) is 0 Å². The van der Waals surface area contributed by atoms with Crippen molar-refractivity contribution < 1.29 is 61.9 Å².